The third kappa shape index (κ3) is 11.0. The van der Waals surface area contributed by atoms with E-state index in [0.717, 1.165) is 12.7 Å². The molecule has 2 aromatic carbocycles. The van der Waals surface area contributed by atoms with Crippen LogP contribution in [0.1, 0.15) is 11.1 Å². The SMILES string of the molecule is [CH3][Sn]([CH3])([CH3])[c]1cc(CN(CC(=O)O)CC(=O)O)cc(-c2nnc(-c3cc(I)cc(CN(CC(=O)O)CC(=O)O)c3)nn2)c1. The molecule has 16 heteroatoms. The predicted octanol–water partition coefficient (Wildman–Crippen LogP) is 1.69. The Morgan fingerprint density at radius 2 is 1.00 bits per heavy atom. The van der Waals surface area contributed by atoms with E-state index in [0.29, 0.717) is 16.7 Å². The number of hydrogen-bond acceptors (Lipinski definition) is 10. The summed E-state index contributed by atoms with van der Waals surface area (Å²) in [5, 5.41) is 53.9. The van der Waals surface area contributed by atoms with Gasteiger partial charge in [-0.05, 0) is 0 Å². The molecule has 0 amide bonds. The first-order valence-corrected chi connectivity index (χ1v) is 24.0. The summed E-state index contributed by atoms with van der Waals surface area (Å²) in [6.07, 6.45) is 0. The molecule has 14 nitrogen and oxygen atoms in total. The number of carboxylic acids is 4. The number of carboxylic acid groups (broad SMARTS) is 4. The minimum absolute atomic E-state index is 0.0798. The Labute approximate surface area is 264 Å². The van der Waals surface area contributed by atoms with Crippen molar-refractivity contribution in [1.29, 1.82) is 0 Å². The van der Waals surface area contributed by atoms with Crippen LogP contribution in [0.25, 0.3) is 22.8 Å². The maximum atomic E-state index is 11.3. The van der Waals surface area contributed by atoms with E-state index in [1.165, 1.54) is 9.80 Å². The minimum atomic E-state index is -2.69. The topological polar surface area (TPSA) is 207 Å². The number of aliphatic carboxylic acids is 4. The van der Waals surface area contributed by atoms with E-state index in [-0.39, 0.29) is 24.7 Å². The van der Waals surface area contributed by atoms with E-state index in [1.807, 2.05) is 12.1 Å². The molecule has 0 atom stereocenters. The monoisotopic (exact) mass is 814 g/mol. The van der Waals surface area contributed by atoms with Gasteiger partial charge in [-0.2, -0.15) is 0 Å². The Hall–Kier alpha value is -3.29. The fraction of sp³-hybridized carbons (Fsp3) is 0.333. The average Bonchev–Trinajstić information content (AvgIpc) is 2.86. The van der Waals surface area contributed by atoms with Gasteiger partial charge in [0.2, 0.25) is 0 Å². The van der Waals surface area contributed by atoms with Crippen molar-refractivity contribution in [2.75, 3.05) is 26.2 Å². The Balaban J connectivity index is 1.94. The first-order chi connectivity index (χ1) is 20.1. The molecule has 1 heterocycles. The number of nitrogens with zero attached hydrogens (tertiary/aromatic N) is 6. The summed E-state index contributed by atoms with van der Waals surface area (Å²) in [5.41, 5.74) is 2.58. The van der Waals surface area contributed by atoms with Crippen LogP contribution in [-0.4, -0.2) is 119 Å². The van der Waals surface area contributed by atoms with Crippen LogP contribution in [0.2, 0.25) is 14.8 Å². The third-order valence-electron chi connectivity index (χ3n) is 6.06. The summed E-state index contributed by atoms with van der Waals surface area (Å²) >= 11 is -0.597. The van der Waals surface area contributed by atoms with Gasteiger partial charge in [0.25, 0.3) is 0 Å². The molecule has 0 unspecified atom stereocenters. The number of carbonyl (C=O) groups is 4. The van der Waals surface area contributed by atoms with E-state index in [4.69, 9.17) is 10.2 Å². The van der Waals surface area contributed by atoms with Crippen LogP contribution in [0, 0.1) is 3.57 Å². The predicted molar refractivity (Wildman–Crippen MR) is 165 cm³/mol. The van der Waals surface area contributed by atoms with Gasteiger partial charge < -0.3 is 10.2 Å². The van der Waals surface area contributed by atoms with Crippen LogP contribution < -0.4 is 3.58 Å². The Morgan fingerprint density at radius 1 is 0.628 bits per heavy atom. The summed E-state index contributed by atoms with van der Waals surface area (Å²) in [6, 6.07) is 11.1. The zero-order chi connectivity index (χ0) is 31.9. The van der Waals surface area contributed by atoms with Crippen LogP contribution in [0.3, 0.4) is 0 Å². The molecular weight excluding hydrogens is 782 g/mol. The number of halogens is 1. The van der Waals surface area contributed by atoms with E-state index < -0.39 is 68.4 Å². The van der Waals surface area contributed by atoms with Gasteiger partial charge in [-0.15, -0.1) is 0 Å². The molecule has 1 aromatic heterocycles. The van der Waals surface area contributed by atoms with Gasteiger partial charge in [-0.25, -0.2) is 0 Å². The maximum absolute atomic E-state index is 11.3. The second-order valence-corrected chi connectivity index (χ2v) is 26.7. The molecule has 0 aliphatic carbocycles. The number of benzene rings is 2. The molecule has 228 valence electrons. The van der Waals surface area contributed by atoms with Crippen molar-refractivity contribution in [1.82, 2.24) is 30.2 Å². The fourth-order valence-corrected chi connectivity index (χ4v) is 8.47. The summed E-state index contributed by atoms with van der Waals surface area (Å²) < 4.78 is 1.90. The first-order valence-electron chi connectivity index (χ1n) is 12.9. The van der Waals surface area contributed by atoms with Crippen molar-refractivity contribution in [3.05, 3.63) is 51.1 Å². The standard InChI is InChI=1S/C24H22IN6O8.3CH3.Sn/c25-18-6-15(9-31(12-21(36)37)13-22(38)39)5-17(7-18)24-28-26-23(27-29-24)16-3-1-2-14(4-16)8-30(10-19(32)33)11-20(34)35;;;;/h2-7H,8-13H2,(H,32,33)(H,34,35)(H,36,37)(H,38,39);3*1H3;. The van der Waals surface area contributed by atoms with Crippen molar-refractivity contribution in [2.24, 2.45) is 0 Å². The second-order valence-electron chi connectivity index (χ2n) is 10.9. The van der Waals surface area contributed by atoms with Crippen LogP contribution in [0.5, 0.6) is 0 Å². The summed E-state index contributed by atoms with van der Waals surface area (Å²) in [4.78, 5) is 54.3. The van der Waals surface area contributed by atoms with Crippen LogP contribution in [0.4, 0.5) is 0 Å². The van der Waals surface area contributed by atoms with Gasteiger partial charge in [0.15, 0.2) is 0 Å². The molecule has 3 aromatic rings. The molecule has 0 saturated carbocycles. The Morgan fingerprint density at radius 3 is 1.37 bits per heavy atom. The van der Waals surface area contributed by atoms with Crippen LogP contribution in [-0.2, 0) is 32.3 Å². The zero-order valence-electron chi connectivity index (χ0n) is 23.7. The second kappa shape index (κ2) is 14.9. The van der Waals surface area contributed by atoms with Crippen molar-refractivity contribution in [3.63, 3.8) is 0 Å². The van der Waals surface area contributed by atoms with Gasteiger partial charge in [0.05, 0.1) is 13.1 Å². The van der Waals surface area contributed by atoms with E-state index in [9.17, 15) is 29.4 Å². The van der Waals surface area contributed by atoms with Crippen LogP contribution >= 0.6 is 22.6 Å². The summed E-state index contributed by atoms with van der Waals surface area (Å²) in [6.45, 7) is -1.55. The van der Waals surface area contributed by atoms with Crippen LogP contribution in [0.15, 0.2) is 36.4 Å². The molecule has 3 rings (SSSR count). The van der Waals surface area contributed by atoms with Gasteiger partial charge in [0.1, 0.15) is 0 Å². The number of hydrogen-bond donors (Lipinski definition) is 4. The van der Waals surface area contributed by atoms with Gasteiger partial charge in [-0.1, -0.05) is 0 Å². The first kappa shape index (κ1) is 34.2. The zero-order valence-corrected chi connectivity index (χ0v) is 28.7. The molecular formula is C27H31IN6O8Sn. The van der Waals surface area contributed by atoms with Crippen molar-refractivity contribution >= 4 is 68.4 Å². The Kier molecular flexibility index (Phi) is 11.9. The Bertz CT molecular complexity index is 1480. The quantitative estimate of drug-likeness (QED) is 0.127. The summed E-state index contributed by atoms with van der Waals surface area (Å²) in [7, 11) is 0. The number of aromatic nitrogens is 4. The van der Waals surface area contributed by atoms with E-state index in [2.05, 4.69) is 57.8 Å². The number of rotatable bonds is 15. The molecule has 0 fully saturated rings. The molecule has 0 aliphatic rings. The fourth-order valence-electron chi connectivity index (χ4n) is 4.29. The molecule has 0 bridgehead atoms. The van der Waals surface area contributed by atoms with Gasteiger partial charge in [-0.3, -0.25) is 9.59 Å². The summed E-state index contributed by atoms with van der Waals surface area (Å²) in [5.74, 6) is -4.08. The van der Waals surface area contributed by atoms with Crippen molar-refractivity contribution in [3.8, 4) is 22.8 Å². The van der Waals surface area contributed by atoms with Crippen molar-refractivity contribution in [2.45, 2.75) is 27.9 Å². The molecule has 43 heavy (non-hydrogen) atoms. The normalized spacial score (nSPS) is 11.6. The average molecular weight is 813 g/mol. The molecule has 0 spiro atoms. The molecule has 0 aliphatic heterocycles. The van der Waals surface area contributed by atoms with E-state index >= 15 is 0 Å². The van der Waals surface area contributed by atoms with Gasteiger partial charge in [0, 0.05) is 0 Å². The molecule has 0 radical (unpaired) electrons. The molecule has 0 saturated heterocycles. The third-order valence-corrected chi connectivity index (χ3v) is 12.4. The molecule has 4 N–H and O–H groups in total. The van der Waals surface area contributed by atoms with Gasteiger partial charge >= 0.3 is 233 Å². The van der Waals surface area contributed by atoms with Crippen molar-refractivity contribution < 1.29 is 39.6 Å². The van der Waals surface area contributed by atoms with E-state index in [1.54, 1.807) is 24.3 Å².